The Morgan fingerprint density at radius 3 is 2.90 bits per heavy atom. The number of benzene rings is 1. The summed E-state index contributed by atoms with van der Waals surface area (Å²) >= 11 is 1.84. The molecular weight excluding hydrogens is 270 g/mol. The molecule has 110 valence electrons. The lowest BCUT2D eigenvalue weighted by Crippen LogP contribution is -2.56. The SMILES string of the molecule is CCOC(=O)C1(Nc2ccccc2C)CCCSC1C. The van der Waals surface area contributed by atoms with Crippen LogP contribution in [0, 0.1) is 6.92 Å². The van der Waals surface area contributed by atoms with Crippen LogP contribution >= 0.6 is 11.8 Å². The summed E-state index contributed by atoms with van der Waals surface area (Å²) in [6.45, 7) is 6.46. The van der Waals surface area contributed by atoms with Gasteiger partial charge in [-0.3, -0.25) is 0 Å². The van der Waals surface area contributed by atoms with Crippen molar-refractivity contribution in [2.45, 2.75) is 44.4 Å². The minimum absolute atomic E-state index is 0.122. The fourth-order valence-electron chi connectivity index (χ4n) is 2.65. The van der Waals surface area contributed by atoms with Crippen LogP contribution in [-0.2, 0) is 9.53 Å². The van der Waals surface area contributed by atoms with Gasteiger partial charge in [0.2, 0.25) is 0 Å². The van der Waals surface area contributed by atoms with Crippen molar-refractivity contribution < 1.29 is 9.53 Å². The van der Waals surface area contributed by atoms with Gasteiger partial charge in [-0.15, -0.1) is 0 Å². The maximum atomic E-state index is 12.5. The van der Waals surface area contributed by atoms with E-state index in [4.69, 9.17) is 4.74 Å². The highest BCUT2D eigenvalue weighted by molar-refractivity contribution is 8.00. The van der Waals surface area contributed by atoms with Crippen molar-refractivity contribution in [2.75, 3.05) is 17.7 Å². The second-order valence-corrected chi connectivity index (χ2v) is 6.70. The van der Waals surface area contributed by atoms with Crippen LogP contribution in [-0.4, -0.2) is 29.1 Å². The summed E-state index contributed by atoms with van der Waals surface area (Å²) in [5.41, 5.74) is 1.57. The Balaban J connectivity index is 2.31. The molecule has 1 saturated heterocycles. The first-order chi connectivity index (χ1) is 9.60. The van der Waals surface area contributed by atoms with Crippen LogP contribution in [0.25, 0.3) is 0 Å². The van der Waals surface area contributed by atoms with E-state index in [1.165, 1.54) is 0 Å². The third kappa shape index (κ3) is 2.95. The van der Waals surface area contributed by atoms with E-state index < -0.39 is 5.54 Å². The van der Waals surface area contributed by atoms with Crippen molar-refractivity contribution in [3.63, 3.8) is 0 Å². The van der Waals surface area contributed by atoms with Gasteiger partial charge < -0.3 is 10.1 Å². The number of hydrogen-bond acceptors (Lipinski definition) is 4. The monoisotopic (exact) mass is 293 g/mol. The molecule has 2 unspecified atom stereocenters. The third-order valence-electron chi connectivity index (χ3n) is 3.92. The topological polar surface area (TPSA) is 38.3 Å². The lowest BCUT2D eigenvalue weighted by Gasteiger charge is -2.41. The van der Waals surface area contributed by atoms with Gasteiger partial charge in [0.15, 0.2) is 0 Å². The molecule has 1 fully saturated rings. The number of ether oxygens (including phenoxy) is 1. The van der Waals surface area contributed by atoms with Crippen molar-refractivity contribution in [2.24, 2.45) is 0 Å². The highest BCUT2D eigenvalue weighted by atomic mass is 32.2. The summed E-state index contributed by atoms with van der Waals surface area (Å²) in [5, 5.41) is 3.71. The smallest absolute Gasteiger partial charge is 0.332 e. The molecule has 2 atom stereocenters. The predicted octanol–water partition coefficient (Wildman–Crippen LogP) is 3.62. The zero-order valence-electron chi connectivity index (χ0n) is 12.4. The molecule has 20 heavy (non-hydrogen) atoms. The van der Waals surface area contributed by atoms with Gasteiger partial charge >= 0.3 is 5.97 Å². The van der Waals surface area contributed by atoms with Crippen LogP contribution in [0.1, 0.15) is 32.3 Å². The van der Waals surface area contributed by atoms with Crippen LogP contribution in [0.2, 0.25) is 0 Å². The van der Waals surface area contributed by atoms with Crippen LogP contribution in [0.15, 0.2) is 24.3 Å². The van der Waals surface area contributed by atoms with E-state index in [2.05, 4.69) is 25.2 Å². The van der Waals surface area contributed by atoms with Crippen LogP contribution in [0.3, 0.4) is 0 Å². The Bertz CT molecular complexity index is 477. The number of hydrogen-bond donors (Lipinski definition) is 1. The first-order valence-corrected chi connectivity index (χ1v) is 8.27. The number of anilines is 1. The fraction of sp³-hybridized carbons (Fsp3) is 0.562. The van der Waals surface area contributed by atoms with Gasteiger partial charge in [-0.1, -0.05) is 25.1 Å². The van der Waals surface area contributed by atoms with Crippen molar-refractivity contribution in [3.8, 4) is 0 Å². The first-order valence-electron chi connectivity index (χ1n) is 7.23. The minimum Gasteiger partial charge on any atom is -0.464 e. The number of rotatable bonds is 4. The Kier molecular flexibility index (Phi) is 4.97. The van der Waals surface area contributed by atoms with E-state index in [1.807, 2.05) is 36.9 Å². The Morgan fingerprint density at radius 1 is 1.50 bits per heavy atom. The Labute approximate surface area is 125 Å². The summed E-state index contributed by atoms with van der Waals surface area (Å²) in [5.74, 6) is 0.987. The molecule has 0 aliphatic carbocycles. The summed E-state index contributed by atoms with van der Waals surface area (Å²) in [6.07, 6.45) is 1.86. The van der Waals surface area contributed by atoms with Gasteiger partial charge in [-0.2, -0.15) is 11.8 Å². The Morgan fingerprint density at radius 2 is 2.25 bits per heavy atom. The lowest BCUT2D eigenvalue weighted by atomic mass is 9.88. The van der Waals surface area contributed by atoms with E-state index >= 15 is 0 Å². The van der Waals surface area contributed by atoms with Gasteiger partial charge in [-0.05, 0) is 44.1 Å². The molecule has 3 nitrogen and oxygen atoms in total. The van der Waals surface area contributed by atoms with Crippen molar-refractivity contribution >= 4 is 23.4 Å². The van der Waals surface area contributed by atoms with Gasteiger partial charge in [0, 0.05) is 10.9 Å². The van der Waals surface area contributed by atoms with Gasteiger partial charge in [0.05, 0.1) is 6.61 Å². The summed E-state index contributed by atoms with van der Waals surface area (Å²) in [4.78, 5) is 12.5. The van der Waals surface area contributed by atoms with E-state index in [9.17, 15) is 4.79 Å². The molecule has 0 saturated carbocycles. The second kappa shape index (κ2) is 6.53. The quantitative estimate of drug-likeness (QED) is 0.860. The standard InChI is InChI=1S/C16H23NO2S/c1-4-19-15(18)16(10-7-11-20-13(16)3)17-14-9-6-5-8-12(14)2/h5-6,8-9,13,17H,4,7,10-11H2,1-3H3. The average Bonchev–Trinajstić information content (AvgIpc) is 2.44. The number of nitrogens with one attached hydrogen (secondary N) is 1. The number of esters is 1. The number of para-hydroxylation sites is 1. The van der Waals surface area contributed by atoms with Crippen LogP contribution in [0.4, 0.5) is 5.69 Å². The minimum atomic E-state index is -0.606. The number of aryl methyl sites for hydroxylation is 1. The number of carbonyl (C=O) groups is 1. The highest BCUT2D eigenvalue weighted by Gasteiger charge is 2.47. The normalized spacial score (nSPS) is 26.1. The van der Waals surface area contributed by atoms with Crippen LogP contribution < -0.4 is 5.32 Å². The first kappa shape index (κ1) is 15.2. The molecule has 1 aliphatic heterocycles. The molecule has 4 heteroatoms. The molecule has 1 aliphatic rings. The van der Waals surface area contributed by atoms with Crippen molar-refractivity contribution in [1.82, 2.24) is 0 Å². The second-order valence-electron chi connectivity index (χ2n) is 5.25. The maximum absolute atomic E-state index is 12.5. The largest absolute Gasteiger partial charge is 0.464 e. The van der Waals surface area contributed by atoms with Crippen molar-refractivity contribution in [3.05, 3.63) is 29.8 Å². The molecule has 0 radical (unpaired) electrons. The summed E-state index contributed by atoms with van der Waals surface area (Å²) in [6, 6.07) is 8.09. The third-order valence-corrected chi connectivity index (χ3v) is 5.35. The number of carbonyl (C=O) groups excluding carboxylic acids is 1. The fourth-order valence-corrected chi connectivity index (χ4v) is 3.88. The molecular formula is C16H23NO2S. The molecule has 0 spiro atoms. The molecule has 0 amide bonds. The zero-order valence-corrected chi connectivity index (χ0v) is 13.3. The van der Waals surface area contributed by atoms with Crippen molar-refractivity contribution in [1.29, 1.82) is 0 Å². The molecule has 0 bridgehead atoms. The van der Waals surface area contributed by atoms with Gasteiger partial charge in [-0.25, -0.2) is 4.79 Å². The Hall–Kier alpha value is -1.16. The van der Waals surface area contributed by atoms with E-state index in [0.717, 1.165) is 29.8 Å². The zero-order chi connectivity index (χ0) is 14.6. The molecule has 1 aromatic carbocycles. The lowest BCUT2D eigenvalue weighted by molar-refractivity contribution is -0.148. The maximum Gasteiger partial charge on any atom is 0.332 e. The molecule has 1 aromatic rings. The number of thioether (sulfide) groups is 1. The van der Waals surface area contributed by atoms with Gasteiger partial charge in [0.25, 0.3) is 0 Å². The van der Waals surface area contributed by atoms with Gasteiger partial charge in [0.1, 0.15) is 5.54 Å². The summed E-state index contributed by atoms with van der Waals surface area (Å²) in [7, 11) is 0. The molecule has 2 rings (SSSR count). The molecule has 1 N–H and O–H groups in total. The van der Waals surface area contributed by atoms with E-state index in [1.54, 1.807) is 0 Å². The predicted molar refractivity (Wildman–Crippen MR) is 85.3 cm³/mol. The summed E-state index contributed by atoms with van der Waals surface area (Å²) < 4.78 is 5.35. The average molecular weight is 293 g/mol. The van der Waals surface area contributed by atoms with E-state index in [-0.39, 0.29) is 11.2 Å². The molecule has 0 aromatic heterocycles. The molecule has 1 heterocycles. The van der Waals surface area contributed by atoms with Crippen LogP contribution in [0.5, 0.6) is 0 Å². The highest BCUT2D eigenvalue weighted by Crippen LogP contribution is 2.38. The van der Waals surface area contributed by atoms with E-state index in [0.29, 0.717) is 6.61 Å².